The molecule has 0 saturated heterocycles. The number of ether oxygens (including phenoxy) is 1. The van der Waals surface area contributed by atoms with Gasteiger partial charge in [0.1, 0.15) is 6.61 Å². The highest BCUT2D eigenvalue weighted by molar-refractivity contribution is 5.87. The Morgan fingerprint density at radius 2 is 1.88 bits per heavy atom. The van der Waals surface area contributed by atoms with Gasteiger partial charge in [0.2, 0.25) is 5.95 Å². The molecule has 0 aliphatic rings. The Kier molecular flexibility index (Phi) is 7.86. The summed E-state index contributed by atoms with van der Waals surface area (Å²) in [5.41, 5.74) is 6.41. The quantitative estimate of drug-likeness (QED) is 0.295. The van der Waals surface area contributed by atoms with Crippen molar-refractivity contribution < 1.29 is 9.84 Å². The van der Waals surface area contributed by atoms with Crippen LogP contribution in [0.5, 0.6) is 6.01 Å². The number of hydrazone groups is 1. The zero-order valence-electron chi connectivity index (χ0n) is 20.4. The number of aryl methyl sites for hydroxylation is 2. The van der Waals surface area contributed by atoms with E-state index in [-0.39, 0.29) is 12.6 Å². The molecule has 178 valence electrons. The van der Waals surface area contributed by atoms with Crippen LogP contribution in [-0.4, -0.2) is 56.6 Å². The largest absolute Gasteiger partial charge is 0.460 e. The van der Waals surface area contributed by atoms with Gasteiger partial charge in [-0.05, 0) is 64.3 Å². The van der Waals surface area contributed by atoms with Crippen LogP contribution in [0.1, 0.15) is 57.6 Å². The molecule has 3 aromatic rings. The van der Waals surface area contributed by atoms with Crippen molar-refractivity contribution >= 4 is 28.8 Å². The molecule has 0 spiro atoms. The summed E-state index contributed by atoms with van der Waals surface area (Å²) in [7, 11) is 0. The van der Waals surface area contributed by atoms with Crippen molar-refractivity contribution in [2.24, 2.45) is 5.10 Å². The number of hydrogen-bond acceptors (Lipinski definition) is 8. The predicted molar refractivity (Wildman–Crippen MR) is 133 cm³/mol. The molecule has 0 fully saturated rings. The van der Waals surface area contributed by atoms with Crippen LogP contribution in [0.15, 0.2) is 23.3 Å². The number of rotatable bonds is 11. The van der Waals surface area contributed by atoms with Gasteiger partial charge in [-0.1, -0.05) is 13.8 Å². The molecule has 9 nitrogen and oxygen atoms in total. The van der Waals surface area contributed by atoms with Crippen LogP contribution in [0, 0.1) is 13.8 Å². The topological polar surface area (TPSA) is 112 Å². The Morgan fingerprint density at radius 3 is 2.55 bits per heavy atom. The number of nitrogens with zero attached hydrogens (tertiary/aromatic N) is 5. The van der Waals surface area contributed by atoms with Crippen LogP contribution in [-0.2, 0) is 0 Å². The lowest BCUT2D eigenvalue weighted by atomic mass is 10.1. The van der Waals surface area contributed by atoms with E-state index in [2.05, 4.69) is 69.1 Å². The van der Waals surface area contributed by atoms with Gasteiger partial charge in [0.15, 0.2) is 5.82 Å². The number of H-pyrrole nitrogens is 1. The number of anilines is 2. The van der Waals surface area contributed by atoms with E-state index in [9.17, 15) is 5.11 Å². The van der Waals surface area contributed by atoms with Crippen LogP contribution < -0.4 is 15.1 Å². The van der Waals surface area contributed by atoms with Gasteiger partial charge in [-0.15, -0.1) is 0 Å². The van der Waals surface area contributed by atoms with Crippen molar-refractivity contribution in [2.45, 2.75) is 60.0 Å². The Hall–Kier alpha value is -3.20. The van der Waals surface area contributed by atoms with Crippen LogP contribution >= 0.6 is 0 Å². The van der Waals surface area contributed by atoms with Gasteiger partial charge in [0.25, 0.3) is 0 Å². The van der Waals surface area contributed by atoms with Crippen molar-refractivity contribution in [3.05, 3.63) is 35.3 Å². The molecule has 9 heteroatoms. The van der Waals surface area contributed by atoms with Crippen LogP contribution in [0.4, 0.5) is 11.6 Å². The smallest absolute Gasteiger partial charge is 0.321 e. The molecule has 0 aliphatic carbocycles. The maximum Gasteiger partial charge on any atom is 0.321 e. The lowest BCUT2D eigenvalue weighted by molar-refractivity contribution is 0.0249. The van der Waals surface area contributed by atoms with E-state index in [1.165, 1.54) is 5.56 Å². The number of nitrogens with one attached hydrogen (secondary N) is 2. The number of hydrogen-bond donors (Lipinski definition) is 3. The number of fused-ring (bicyclic) bond motifs is 1. The summed E-state index contributed by atoms with van der Waals surface area (Å²) < 4.78 is 5.66. The Labute approximate surface area is 195 Å². The summed E-state index contributed by atoms with van der Waals surface area (Å²) in [6, 6.07) is 6.23. The Bertz CT molecular complexity index is 1100. The summed E-state index contributed by atoms with van der Waals surface area (Å²) in [6.07, 6.45) is 3.49. The summed E-state index contributed by atoms with van der Waals surface area (Å²) >= 11 is 0. The molecule has 3 rings (SSSR count). The minimum Gasteiger partial charge on any atom is -0.460 e. The molecule has 2 aromatic heterocycles. The molecule has 1 aromatic carbocycles. The van der Waals surface area contributed by atoms with E-state index in [1.54, 1.807) is 20.1 Å². The average molecular weight is 454 g/mol. The van der Waals surface area contributed by atoms with Crippen molar-refractivity contribution in [3.8, 4) is 6.01 Å². The lowest BCUT2D eigenvalue weighted by Crippen LogP contribution is -2.30. The van der Waals surface area contributed by atoms with E-state index >= 15 is 0 Å². The zero-order valence-corrected chi connectivity index (χ0v) is 20.4. The second-order valence-corrected chi connectivity index (χ2v) is 8.87. The third-order valence-corrected chi connectivity index (χ3v) is 5.13. The fourth-order valence-electron chi connectivity index (χ4n) is 3.41. The first-order valence-electron chi connectivity index (χ1n) is 11.4. The summed E-state index contributed by atoms with van der Waals surface area (Å²) in [6.45, 7) is 13.5. The van der Waals surface area contributed by atoms with Crippen LogP contribution in [0.25, 0.3) is 10.9 Å². The Balaban J connectivity index is 1.84. The maximum absolute atomic E-state index is 10.0. The molecule has 0 amide bonds. The minimum absolute atomic E-state index is 0.0717. The van der Waals surface area contributed by atoms with Gasteiger partial charge in [-0.3, -0.25) is 5.43 Å². The van der Waals surface area contributed by atoms with Crippen molar-refractivity contribution in [3.63, 3.8) is 0 Å². The number of aromatic amines is 1. The lowest BCUT2D eigenvalue weighted by Gasteiger charge is -2.22. The molecular formula is C24H35N7O2. The highest BCUT2D eigenvalue weighted by Crippen LogP contribution is 2.24. The molecule has 0 unspecified atom stereocenters. The monoisotopic (exact) mass is 453 g/mol. The van der Waals surface area contributed by atoms with Gasteiger partial charge >= 0.3 is 6.01 Å². The van der Waals surface area contributed by atoms with Crippen molar-refractivity contribution in [1.29, 1.82) is 0 Å². The second-order valence-electron chi connectivity index (χ2n) is 8.87. The summed E-state index contributed by atoms with van der Waals surface area (Å²) in [4.78, 5) is 18.9. The maximum atomic E-state index is 10.0. The standard InChI is InChI=1S/C24H35N7O2/c1-7-11-31(12-8-2)22-27-21(28-23(29-22)33-15-24(5,6)32)14-25-30-18-9-10-20-19(13-18)16(3)17(4)26-20/h9-10,13-14,26,30,32H,7-8,11-12,15H2,1-6H3/b25-14+. The first-order valence-corrected chi connectivity index (χ1v) is 11.4. The molecule has 0 saturated carbocycles. The van der Waals surface area contributed by atoms with E-state index in [4.69, 9.17) is 4.74 Å². The van der Waals surface area contributed by atoms with Gasteiger partial charge in [-0.2, -0.15) is 20.1 Å². The second kappa shape index (κ2) is 10.6. The highest BCUT2D eigenvalue weighted by atomic mass is 16.5. The van der Waals surface area contributed by atoms with Gasteiger partial charge in [0, 0.05) is 29.7 Å². The van der Waals surface area contributed by atoms with Crippen molar-refractivity contribution in [1.82, 2.24) is 19.9 Å². The Morgan fingerprint density at radius 1 is 1.15 bits per heavy atom. The van der Waals surface area contributed by atoms with Gasteiger partial charge < -0.3 is 19.7 Å². The molecule has 0 aliphatic heterocycles. The normalized spacial score (nSPS) is 12.0. The van der Waals surface area contributed by atoms with Gasteiger partial charge in [-0.25, -0.2) is 0 Å². The molecular weight excluding hydrogens is 418 g/mol. The highest BCUT2D eigenvalue weighted by Gasteiger charge is 2.17. The SMILES string of the molecule is CCCN(CCC)c1nc(/C=N/Nc2ccc3[nH]c(C)c(C)c3c2)nc(OCC(C)(C)O)n1. The molecule has 0 radical (unpaired) electrons. The third kappa shape index (κ3) is 6.64. The predicted octanol–water partition coefficient (Wildman–Crippen LogP) is 4.19. The summed E-state index contributed by atoms with van der Waals surface area (Å²) in [5.74, 6) is 0.922. The summed E-state index contributed by atoms with van der Waals surface area (Å²) in [5, 5.41) is 15.5. The van der Waals surface area contributed by atoms with E-state index in [0.717, 1.165) is 48.2 Å². The molecule has 3 N–H and O–H groups in total. The molecule has 33 heavy (non-hydrogen) atoms. The van der Waals surface area contributed by atoms with Crippen LogP contribution in [0.3, 0.4) is 0 Å². The third-order valence-electron chi connectivity index (χ3n) is 5.13. The zero-order chi connectivity index (χ0) is 24.0. The molecule has 2 heterocycles. The van der Waals surface area contributed by atoms with Crippen molar-refractivity contribution in [2.75, 3.05) is 30.0 Å². The average Bonchev–Trinajstić information content (AvgIpc) is 3.05. The number of benzene rings is 1. The van der Waals surface area contributed by atoms with E-state index in [1.807, 2.05) is 12.1 Å². The minimum atomic E-state index is -0.998. The first-order chi connectivity index (χ1) is 15.7. The van der Waals surface area contributed by atoms with Gasteiger partial charge in [0.05, 0.1) is 17.5 Å². The van der Waals surface area contributed by atoms with E-state index in [0.29, 0.717) is 11.8 Å². The fraction of sp³-hybridized carbons (Fsp3) is 0.500. The number of aliphatic hydroxyl groups is 1. The van der Waals surface area contributed by atoms with Crippen LogP contribution in [0.2, 0.25) is 0 Å². The molecule has 0 bridgehead atoms. The first kappa shape index (κ1) is 24.4. The number of aromatic nitrogens is 4. The molecule has 0 atom stereocenters. The fourth-order valence-corrected chi connectivity index (χ4v) is 3.41. The van der Waals surface area contributed by atoms with E-state index < -0.39 is 5.60 Å².